The summed E-state index contributed by atoms with van der Waals surface area (Å²) in [6, 6.07) is 10.5. The number of thiophene rings is 1. The molecule has 1 amide bonds. The Balaban J connectivity index is 1.43. The standard InChI is InChI=1S/C25H33NO3S/c1-28-22-12-14-23(15-13-22)29-17-19-16-24(30-18-19)25(27)26(20-8-4-2-5-9-20)21-10-6-3-7-11-21/h12-16,18,20-21H,2-11,17H2,1H3. The van der Waals surface area contributed by atoms with Gasteiger partial charge in [-0.15, -0.1) is 11.3 Å². The molecule has 4 rings (SSSR count). The first-order valence-corrected chi connectivity index (χ1v) is 12.3. The summed E-state index contributed by atoms with van der Waals surface area (Å²) in [5, 5.41) is 2.07. The fraction of sp³-hybridized carbons (Fsp3) is 0.560. The van der Waals surface area contributed by atoms with Crippen molar-refractivity contribution >= 4 is 17.2 Å². The first-order chi connectivity index (χ1) is 14.7. The highest BCUT2D eigenvalue weighted by molar-refractivity contribution is 7.12. The third-order valence-corrected chi connectivity index (χ3v) is 7.47. The van der Waals surface area contributed by atoms with Crippen molar-refractivity contribution in [3.63, 3.8) is 0 Å². The lowest BCUT2D eigenvalue weighted by Crippen LogP contribution is -2.48. The van der Waals surface area contributed by atoms with Crippen LogP contribution >= 0.6 is 11.3 Å². The maximum absolute atomic E-state index is 13.6. The van der Waals surface area contributed by atoms with Gasteiger partial charge in [0.2, 0.25) is 0 Å². The molecular weight excluding hydrogens is 394 g/mol. The summed E-state index contributed by atoms with van der Waals surface area (Å²) in [5.74, 6) is 1.87. The topological polar surface area (TPSA) is 38.8 Å². The zero-order chi connectivity index (χ0) is 20.8. The molecule has 2 aliphatic rings. The number of carbonyl (C=O) groups excluding carboxylic acids is 1. The Kier molecular flexibility index (Phi) is 7.32. The van der Waals surface area contributed by atoms with E-state index in [4.69, 9.17) is 9.47 Å². The highest BCUT2D eigenvalue weighted by Gasteiger charge is 2.33. The van der Waals surface area contributed by atoms with Crippen LogP contribution in [0.2, 0.25) is 0 Å². The molecule has 0 aliphatic heterocycles. The summed E-state index contributed by atoms with van der Waals surface area (Å²) in [6.07, 6.45) is 12.3. The molecule has 0 atom stereocenters. The molecule has 1 heterocycles. The number of carbonyl (C=O) groups is 1. The maximum atomic E-state index is 13.6. The van der Waals surface area contributed by atoms with Gasteiger partial charge in [0.05, 0.1) is 12.0 Å². The Morgan fingerprint density at radius 1 is 0.933 bits per heavy atom. The van der Waals surface area contributed by atoms with Gasteiger partial charge in [0.15, 0.2) is 0 Å². The van der Waals surface area contributed by atoms with Gasteiger partial charge in [-0.25, -0.2) is 0 Å². The van der Waals surface area contributed by atoms with Gasteiger partial charge in [-0.05, 0) is 61.4 Å². The van der Waals surface area contributed by atoms with Crippen molar-refractivity contribution in [2.24, 2.45) is 0 Å². The maximum Gasteiger partial charge on any atom is 0.264 e. The average Bonchev–Trinajstić information content (AvgIpc) is 3.29. The van der Waals surface area contributed by atoms with Gasteiger partial charge in [0, 0.05) is 17.6 Å². The molecule has 30 heavy (non-hydrogen) atoms. The number of ether oxygens (including phenoxy) is 2. The van der Waals surface area contributed by atoms with Gasteiger partial charge in [-0.3, -0.25) is 4.79 Å². The Morgan fingerprint density at radius 2 is 1.50 bits per heavy atom. The van der Waals surface area contributed by atoms with Crippen molar-refractivity contribution in [1.29, 1.82) is 0 Å². The molecule has 2 fully saturated rings. The molecular formula is C25H33NO3S. The monoisotopic (exact) mass is 427 g/mol. The van der Waals surface area contributed by atoms with Gasteiger partial charge in [0.1, 0.15) is 18.1 Å². The number of hydrogen-bond acceptors (Lipinski definition) is 4. The second kappa shape index (κ2) is 10.3. The zero-order valence-electron chi connectivity index (χ0n) is 18.0. The molecule has 0 spiro atoms. The Labute approximate surface area is 184 Å². The molecule has 4 nitrogen and oxygen atoms in total. The van der Waals surface area contributed by atoms with Crippen molar-refractivity contribution in [2.75, 3.05) is 7.11 Å². The van der Waals surface area contributed by atoms with Crippen molar-refractivity contribution < 1.29 is 14.3 Å². The van der Waals surface area contributed by atoms with Crippen LogP contribution in [0.4, 0.5) is 0 Å². The zero-order valence-corrected chi connectivity index (χ0v) is 18.8. The fourth-order valence-corrected chi connectivity index (χ4v) is 5.72. The summed E-state index contributed by atoms with van der Waals surface area (Å²) >= 11 is 1.56. The van der Waals surface area contributed by atoms with Crippen LogP contribution in [0, 0.1) is 0 Å². The predicted molar refractivity (Wildman–Crippen MR) is 122 cm³/mol. The molecule has 0 radical (unpaired) electrons. The van der Waals surface area contributed by atoms with Crippen LogP contribution in [0.1, 0.15) is 79.4 Å². The molecule has 2 saturated carbocycles. The first-order valence-electron chi connectivity index (χ1n) is 11.4. The SMILES string of the molecule is COc1ccc(OCc2csc(C(=O)N(C3CCCCC3)C3CCCCC3)c2)cc1. The molecule has 1 aromatic heterocycles. The lowest BCUT2D eigenvalue weighted by Gasteiger charge is -2.41. The molecule has 2 aromatic rings. The molecule has 1 aromatic carbocycles. The molecule has 162 valence electrons. The normalized spacial score (nSPS) is 18.2. The number of methoxy groups -OCH3 is 1. The quantitative estimate of drug-likeness (QED) is 0.510. The second-order valence-electron chi connectivity index (χ2n) is 8.58. The van der Waals surface area contributed by atoms with E-state index in [1.54, 1.807) is 18.4 Å². The van der Waals surface area contributed by atoms with Crippen molar-refractivity contribution in [3.8, 4) is 11.5 Å². The number of hydrogen-bond donors (Lipinski definition) is 0. The number of amides is 1. The van der Waals surface area contributed by atoms with E-state index in [1.807, 2.05) is 30.3 Å². The van der Waals surface area contributed by atoms with Crippen molar-refractivity contribution in [2.45, 2.75) is 82.9 Å². The molecule has 0 saturated heterocycles. The van der Waals surface area contributed by atoms with Gasteiger partial charge >= 0.3 is 0 Å². The van der Waals surface area contributed by atoms with E-state index in [1.165, 1.54) is 64.2 Å². The molecule has 0 N–H and O–H groups in total. The first kappa shape index (κ1) is 21.2. The van der Waals surface area contributed by atoms with E-state index in [2.05, 4.69) is 10.3 Å². The predicted octanol–water partition coefficient (Wildman–Crippen LogP) is 6.44. The number of benzene rings is 1. The fourth-order valence-electron chi connectivity index (χ4n) is 4.88. The molecule has 5 heteroatoms. The van der Waals surface area contributed by atoms with E-state index in [0.717, 1.165) is 21.9 Å². The summed E-state index contributed by atoms with van der Waals surface area (Å²) in [4.78, 5) is 16.7. The van der Waals surface area contributed by atoms with E-state index in [0.29, 0.717) is 18.7 Å². The second-order valence-corrected chi connectivity index (χ2v) is 9.49. The third kappa shape index (κ3) is 5.18. The van der Waals surface area contributed by atoms with Crippen LogP contribution in [0.25, 0.3) is 0 Å². The van der Waals surface area contributed by atoms with Gasteiger partial charge in [-0.2, -0.15) is 0 Å². The smallest absolute Gasteiger partial charge is 0.264 e. The summed E-state index contributed by atoms with van der Waals surface area (Å²) in [7, 11) is 1.66. The van der Waals surface area contributed by atoms with Crippen molar-refractivity contribution in [1.82, 2.24) is 4.90 Å². The van der Waals surface area contributed by atoms with E-state index in [9.17, 15) is 4.79 Å². The summed E-state index contributed by atoms with van der Waals surface area (Å²) in [5.41, 5.74) is 1.06. The lowest BCUT2D eigenvalue weighted by atomic mass is 9.88. The Morgan fingerprint density at radius 3 is 2.07 bits per heavy atom. The third-order valence-electron chi connectivity index (χ3n) is 6.50. The molecule has 0 bridgehead atoms. The minimum atomic E-state index is 0.245. The summed E-state index contributed by atoms with van der Waals surface area (Å²) in [6.45, 7) is 0.475. The molecule has 2 aliphatic carbocycles. The van der Waals surface area contributed by atoms with Crippen LogP contribution < -0.4 is 9.47 Å². The number of nitrogens with zero attached hydrogens (tertiary/aromatic N) is 1. The minimum Gasteiger partial charge on any atom is -0.497 e. The van der Waals surface area contributed by atoms with Crippen LogP contribution in [0.3, 0.4) is 0 Å². The Bertz CT molecular complexity index is 786. The van der Waals surface area contributed by atoms with Crippen LogP contribution in [-0.2, 0) is 6.61 Å². The highest BCUT2D eigenvalue weighted by atomic mass is 32.1. The van der Waals surface area contributed by atoms with Gasteiger partial charge in [0.25, 0.3) is 5.91 Å². The van der Waals surface area contributed by atoms with E-state index in [-0.39, 0.29) is 5.91 Å². The Hall–Kier alpha value is -2.01. The minimum absolute atomic E-state index is 0.245. The highest BCUT2D eigenvalue weighted by Crippen LogP contribution is 2.32. The van der Waals surface area contributed by atoms with Gasteiger partial charge < -0.3 is 14.4 Å². The largest absolute Gasteiger partial charge is 0.497 e. The van der Waals surface area contributed by atoms with E-state index < -0.39 is 0 Å². The average molecular weight is 428 g/mol. The van der Waals surface area contributed by atoms with Crippen LogP contribution in [0.5, 0.6) is 11.5 Å². The number of rotatable bonds is 7. The molecule has 0 unspecified atom stereocenters. The lowest BCUT2D eigenvalue weighted by molar-refractivity contribution is 0.0453. The van der Waals surface area contributed by atoms with Gasteiger partial charge in [-0.1, -0.05) is 38.5 Å². The van der Waals surface area contributed by atoms with Crippen molar-refractivity contribution in [3.05, 3.63) is 46.2 Å². The summed E-state index contributed by atoms with van der Waals surface area (Å²) < 4.78 is 11.1. The van der Waals surface area contributed by atoms with Crippen LogP contribution in [-0.4, -0.2) is 30.0 Å². The van der Waals surface area contributed by atoms with Crippen LogP contribution in [0.15, 0.2) is 35.7 Å². The van der Waals surface area contributed by atoms with E-state index >= 15 is 0 Å².